The molecule has 1 aromatic carbocycles. The summed E-state index contributed by atoms with van der Waals surface area (Å²) >= 11 is 0. The maximum Gasteiger partial charge on any atom is 0.304 e. The molecule has 0 unspecified atom stereocenters. The van der Waals surface area contributed by atoms with E-state index in [2.05, 4.69) is 29.2 Å². The highest BCUT2D eigenvalue weighted by Gasteiger charge is 2.45. The normalized spacial score (nSPS) is 21.6. The van der Waals surface area contributed by atoms with Gasteiger partial charge in [-0.2, -0.15) is 0 Å². The van der Waals surface area contributed by atoms with Crippen LogP contribution in [-0.2, 0) is 21.5 Å². The lowest BCUT2D eigenvalue weighted by molar-refractivity contribution is -0.137. The van der Waals surface area contributed by atoms with E-state index in [0.717, 1.165) is 45.7 Å². The van der Waals surface area contributed by atoms with Crippen LogP contribution in [0.4, 0.5) is 0 Å². The predicted molar refractivity (Wildman–Crippen MR) is 75.7 cm³/mol. The van der Waals surface area contributed by atoms with E-state index in [1.54, 1.807) is 0 Å². The molecule has 4 heteroatoms. The van der Waals surface area contributed by atoms with Gasteiger partial charge in [0.05, 0.1) is 19.6 Å². The van der Waals surface area contributed by atoms with Crippen molar-refractivity contribution in [3.63, 3.8) is 0 Å². The average molecular weight is 275 g/mol. The molecule has 2 aliphatic rings. The topological polar surface area (TPSA) is 49.8 Å². The van der Waals surface area contributed by atoms with E-state index in [0.29, 0.717) is 0 Å². The molecule has 2 fully saturated rings. The van der Waals surface area contributed by atoms with Gasteiger partial charge in [-0.15, -0.1) is 0 Å². The number of carboxylic acid groups (broad SMARTS) is 1. The van der Waals surface area contributed by atoms with Gasteiger partial charge >= 0.3 is 5.97 Å². The van der Waals surface area contributed by atoms with Crippen LogP contribution < -0.4 is 0 Å². The number of morpholine rings is 1. The van der Waals surface area contributed by atoms with Crippen LogP contribution in [-0.4, -0.2) is 42.3 Å². The van der Waals surface area contributed by atoms with Crippen LogP contribution in [0.15, 0.2) is 24.3 Å². The molecule has 0 atom stereocenters. The van der Waals surface area contributed by atoms with E-state index in [1.807, 2.05) is 0 Å². The zero-order chi connectivity index (χ0) is 14.0. The molecule has 1 aromatic rings. The summed E-state index contributed by atoms with van der Waals surface area (Å²) in [5.74, 6) is -0.693. The summed E-state index contributed by atoms with van der Waals surface area (Å²) in [7, 11) is 0. The summed E-state index contributed by atoms with van der Waals surface area (Å²) in [5, 5.41) is 9.06. The molecule has 0 aromatic heterocycles. The number of carboxylic acids is 1. The van der Waals surface area contributed by atoms with Gasteiger partial charge < -0.3 is 9.84 Å². The van der Waals surface area contributed by atoms with Gasteiger partial charge in [-0.3, -0.25) is 9.69 Å². The van der Waals surface area contributed by atoms with Gasteiger partial charge in [0.15, 0.2) is 0 Å². The molecule has 1 heterocycles. The largest absolute Gasteiger partial charge is 0.481 e. The third-order valence-corrected chi connectivity index (χ3v) is 4.39. The van der Waals surface area contributed by atoms with E-state index in [1.165, 1.54) is 11.1 Å². The molecule has 4 nitrogen and oxygen atoms in total. The molecule has 1 saturated heterocycles. The fourth-order valence-electron chi connectivity index (χ4n) is 3.02. The molecule has 1 aliphatic carbocycles. The van der Waals surface area contributed by atoms with E-state index in [4.69, 9.17) is 9.84 Å². The van der Waals surface area contributed by atoms with Crippen molar-refractivity contribution in [2.75, 3.05) is 26.3 Å². The molecule has 3 rings (SSSR count). The molecule has 108 valence electrons. The number of nitrogens with zero attached hydrogens (tertiary/aromatic N) is 1. The average Bonchev–Trinajstić information content (AvgIpc) is 3.20. The Bertz CT molecular complexity index is 490. The van der Waals surface area contributed by atoms with Crippen LogP contribution in [0.3, 0.4) is 0 Å². The Labute approximate surface area is 119 Å². The molecule has 0 amide bonds. The van der Waals surface area contributed by atoms with Crippen LogP contribution in [0.1, 0.15) is 30.4 Å². The van der Waals surface area contributed by atoms with Gasteiger partial charge in [0.2, 0.25) is 0 Å². The van der Waals surface area contributed by atoms with Crippen LogP contribution in [0.2, 0.25) is 0 Å². The second-order valence-corrected chi connectivity index (χ2v) is 5.94. The molecule has 1 saturated carbocycles. The van der Waals surface area contributed by atoms with Gasteiger partial charge in [0.1, 0.15) is 0 Å². The van der Waals surface area contributed by atoms with Gasteiger partial charge in [-0.25, -0.2) is 0 Å². The van der Waals surface area contributed by atoms with Crippen molar-refractivity contribution in [3.05, 3.63) is 35.4 Å². The number of hydrogen-bond acceptors (Lipinski definition) is 3. The first-order chi connectivity index (χ1) is 9.68. The lowest BCUT2D eigenvalue weighted by Crippen LogP contribution is -2.35. The monoisotopic (exact) mass is 275 g/mol. The van der Waals surface area contributed by atoms with Crippen molar-refractivity contribution in [2.24, 2.45) is 0 Å². The highest BCUT2D eigenvalue weighted by Crippen LogP contribution is 2.51. The summed E-state index contributed by atoms with van der Waals surface area (Å²) in [6, 6.07) is 8.48. The maximum atomic E-state index is 11.0. The lowest BCUT2D eigenvalue weighted by Gasteiger charge is -2.27. The molecule has 0 bridgehead atoms. The molecule has 1 aliphatic heterocycles. The number of rotatable bonds is 5. The Morgan fingerprint density at radius 3 is 2.70 bits per heavy atom. The second-order valence-electron chi connectivity index (χ2n) is 5.94. The maximum absolute atomic E-state index is 11.0. The van der Waals surface area contributed by atoms with E-state index < -0.39 is 5.97 Å². The summed E-state index contributed by atoms with van der Waals surface area (Å²) in [5.41, 5.74) is 2.39. The minimum absolute atomic E-state index is 0.0904. The summed E-state index contributed by atoms with van der Waals surface area (Å²) in [6.45, 7) is 4.50. The molecule has 1 N–H and O–H groups in total. The standard InChI is InChI=1S/C16H21NO3/c18-15(19)11-16(4-5-16)14-3-1-2-13(10-14)12-17-6-8-20-9-7-17/h1-3,10H,4-9,11-12H2,(H,18,19). The third-order valence-electron chi connectivity index (χ3n) is 4.39. The van der Waals surface area contributed by atoms with Crippen molar-refractivity contribution in [1.82, 2.24) is 4.90 Å². The molecule has 20 heavy (non-hydrogen) atoms. The van der Waals surface area contributed by atoms with Crippen LogP contribution in [0.25, 0.3) is 0 Å². The number of aliphatic carboxylic acids is 1. The quantitative estimate of drug-likeness (QED) is 0.893. The zero-order valence-electron chi connectivity index (χ0n) is 11.7. The van der Waals surface area contributed by atoms with Gasteiger partial charge in [0, 0.05) is 25.0 Å². The fourth-order valence-corrected chi connectivity index (χ4v) is 3.02. The second kappa shape index (κ2) is 5.54. The van der Waals surface area contributed by atoms with Gasteiger partial charge in [-0.05, 0) is 24.0 Å². The number of benzene rings is 1. The summed E-state index contributed by atoms with van der Waals surface area (Å²) in [4.78, 5) is 13.4. The van der Waals surface area contributed by atoms with Crippen molar-refractivity contribution in [2.45, 2.75) is 31.2 Å². The van der Waals surface area contributed by atoms with Crippen LogP contribution in [0, 0.1) is 0 Å². The molecule has 0 radical (unpaired) electrons. The smallest absolute Gasteiger partial charge is 0.304 e. The first-order valence-electron chi connectivity index (χ1n) is 7.29. The first kappa shape index (κ1) is 13.6. The Morgan fingerprint density at radius 1 is 1.30 bits per heavy atom. The summed E-state index contributed by atoms with van der Waals surface area (Å²) in [6.07, 6.45) is 2.26. The Morgan fingerprint density at radius 2 is 2.05 bits per heavy atom. The number of ether oxygens (including phenoxy) is 1. The molecular weight excluding hydrogens is 254 g/mol. The van der Waals surface area contributed by atoms with Crippen molar-refractivity contribution in [3.8, 4) is 0 Å². The third kappa shape index (κ3) is 3.02. The van der Waals surface area contributed by atoms with E-state index in [9.17, 15) is 4.79 Å². The van der Waals surface area contributed by atoms with Gasteiger partial charge in [-0.1, -0.05) is 24.3 Å². The fraction of sp³-hybridized carbons (Fsp3) is 0.562. The van der Waals surface area contributed by atoms with Crippen molar-refractivity contribution >= 4 is 5.97 Å². The minimum atomic E-state index is -0.693. The molecule has 0 spiro atoms. The summed E-state index contributed by atoms with van der Waals surface area (Å²) < 4.78 is 5.36. The van der Waals surface area contributed by atoms with Gasteiger partial charge in [0.25, 0.3) is 0 Å². The van der Waals surface area contributed by atoms with Crippen molar-refractivity contribution in [1.29, 1.82) is 0 Å². The Balaban J connectivity index is 1.71. The predicted octanol–water partition coefficient (Wildman–Crippen LogP) is 2.03. The first-order valence-corrected chi connectivity index (χ1v) is 7.29. The van der Waals surface area contributed by atoms with E-state index >= 15 is 0 Å². The van der Waals surface area contributed by atoms with E-state index in [-0.39, 0.29) is 11.8 Å². The lowest BCUT2D eigenvalue weighted by atomic mass is 9.91. The highest BCUT2D eigenvalue weighted by molar-refractivity contribution is 5.70. The number of carbonyl (C=O) groups is 1. The van der Waals surface area contributed by atoms with Crippen molar-refractivity contribution < 1.29 is 14.6 Å². The van der Waals surface area contributed by atoms with Crippen LogP contribution >= 0.6 is 0 Å². The minimum Gasteiger partial charge on any atom is -0.481 e. The Hall–Kier alpha value is -1.39. The molecular formula is C16H21NO3. The van der Waals surface area contributed by atoms with Crippen LogP contribution in [0.5, 0.6) is 0 Å². The highest BCUT2D eigenvalue weighted by atomic mass is 16.5. The number of hydrogen-bond donors (Lipinski definition) is 1. The SMILES string of the molecule is O=C(O)CC1(c2cccc(CN3CCOCC3)c2)CC1. The Kier molecular flexibility index (Phi) is 3.76. The zero-order valence-corrected chi connectivity index (χ0v) is 11.7.